The average molecular weight is 375 g/mol. The molecule has 2 aromatic carbocycles. The minimum Gasteiger partial charge on any atom is -0.438 e. The number of amides is 1. The van der Waals surface area contributed by atoms with Crippen LogP contribution in [0.3, 0.4) is 0 Å². The van der Waals surface area contributed by atoms with Gasteiger partial charge in [-0.2, -0.15) is 0 Å². The van der Waals surface area contributed by atoms with Crippen LogP contribution in [0.25, 0.3) is 0 Å². The van der Waals surface area contributed by atoms with Crippen molar-refractivity contribution < 1.29 is 9.53 Å². The van der Waals surface area contributed by atoms with E-state index in [4.69, 9.17) is 4.74 Å². The molecule has 0 aliphatic rings. The zero-order valence-electron chi connectivity index (χ0n) is 16.5. The lowest BCUT2D eigenvalue weighted by Gasteiger charge is -2.19. The highest BCUT2D eigenvalue weighted by atomic mass is 16.5. The van der Waals surface area contributed by atoms with Crippen molar-refractivity contribution in [2.75, 3.05) is 6.54 Å². The van der Waals surface area contributed by atoms with E-state index in [1.807, 2.05) is 30.3 Å². The van der Waals surface area contributed by atoms with Crippen molar-refractivity contribution in [1.82, 2.24) is 15.3 Å². The molecule has 0 atom stereocenters. The van der Waals surface area contributed by atoms with Gasteiger partial charge in [0.25, 0.3) is 5.91 Å². The first-order chi connectivity index (χ1) is 13.4. The van der Waals surface area contributed by atoms with Gasteiger partial charge < -0.3 is 10.1 Å². The first kappa shape index (κ1) is 19.5. The molecule has 0 unspecified atom stereocenters. The summed E-state index contributed by atoms with van der Waals surface area (Å²) < 4.78 is 5.58. The van der Waals surface area contributed by atoms with Crippen LogP contribution in [-0.2, 0) is 11.8 Å². The summed E-state index contributed by atoms with van der Waals surface area (Å²) in [6.07, 6.45) is 3.64. The molecule has 1 N–H and O–H groups in total. The minimum absolute atomic E-state index is 0.141. The van der Waals surface area contributed by atoms with E-state index in [2.05, 4.69) is 60.3 Å². The summed E-state index contributed by atoms with van der Waals surface area (Å²) in [4.78, 5) is 20.5. The number of benzene rings is 2. The maximum atomic E-state index is 12.2. The molecule has 0 spiro atoms. The molecule has 1 aromatic heterocycles. The number of hydrogen-bond donors (Lipinski definition) is 1. The highest BCUT2D eigenvalue weighted by Crippen LogP contribution is 2.22. The van der Waals surface area contributed by atoms with Crippen LogP contribution in [0.5, 0.6) is 11.6 Å². The summed E-state index contributed by atoms with van der Waals surface area (Å²) in [7, 11) is 0. The normalized spacial score (nSPS) is 11.1. The summed E-state index contributed by atoms with van der Waals surface area (Å²) in [6, 6.07) is 17.8. The molecule has 0 saturated heterocycles. The third-order valence-corrected chi connectivity index (χ3v) is 4.35. The number of hydrogen-bond acceptors (Lipinski definition) is 4. The molecule has 1 heterocycles. The summed E-state index contributed by atoms with van der Waals surface area (Å²) >= 11 is 0. The molecule has 5 heteroatoms. The van der Waals surface area contributed by atoms with Gasteiger partial charge in [0.15, 0.2) is 0 Å². The summed E-state index contributed by atoms with van der Waals surface area (Å²) in [5.74, 6) is 0.776. The monoisotopic (exact) mass is 375 g/mol. The summed E-state index contributed by atoms with van der Waals surface area (Å²) in [5.41, 5.74) is 2.89. The van der Waals surface area contributed by atoms with Gasteiger partial charge in [0.2, 0.25) is 5.88 Å². The summed E-state index contributed by atoms with van der Waals surface area (Å²) in [6.45, 7) is 7.12. The fraction of sp³-hybridized carbons (Fsp3) is 0.261. The molecule has 3 aromatic rings. The summed E-state index contributed by atoms with van der Waals surface area (Å²) in [5, 5.41) is 2.88. The van der Waals surface area contributed by atoms with Crippen LogP contribution >= 0.6 is 0 Å². The Labute approximate surface area is 165 Å². The van der Waals surface area contributed by atoms with E-state index in [1.54, 1.807) is 0 Å². The second-order valence-electron chi connectivity index (χ2n) is 7.61. The van der Waals surface area contributed by atoms with Crippen molar-refractivity contribution in [3.63, 3.8) is 0 Å². The Morgan fingerprint density at radius 3 is 2.29 bits per heavy atom. The fourth-order valence-electron chi connectivity index (χ4n) is 2.68. The van der Waals surface area contributed by atoms with Gasteiger partial charge in [0.05, 0.1) is 12.4 Å². The Morgan fingerprint density at radius 1 is 0.964 bits per heavy atom. The van der Waals surface area contributed by atoms with Gasteiger partial charge >= 0.3 is 0 Å². The van der Waals surface area contributed by atoms with Crippen LogP contribution in [0, 0.1) is 0 Å². The number of carbonyl (C=O) groups is 1. The fourth-order valence-corrected chi connectivity index (χ4v) is 2.68. The lowest BCUT2D eigenvalue weighted by atomic mass is 9.86. The standard InChI is InChI=1S/C23H25N3O2/c1-23(2,3)18-11-9-17(10-12-18)13-14-24-22(27)20-15-26-21(16-25-20)28-19-7-5-4-6-8-19/h4-12,15-16H,13-14H2,1-3H3,(H,24,27). The van der Waals surface area contributed by atoms with Crippen molar-refractivity contribution in [3.8, 4) is 11.6 Å². The third kappa shape index (κ3) is 5.39. The predicted octanol–water partition coefficient (Wildman–Crippen LogP) is 4.54. The minimum atomic E-state index is -0.245. The highest BCUT2D eigenvalue weighted by molar-refractivity contribution is 5.91. The SMILES string of the molecule is CC(C)(C)c1ccc(CCNC(=O)c2cnc(Oc3ccccc3)cn2)cc1. The van der Waals surface area contributed by atoms with E-state index in [0.717, 1.165) is 6.42 Å². The first-order valence-corrected chi connectivity index (χ1v) is 9.34. The molecule has 0 fully saturated rings. The van der Waals surface area contributed by atoms with Crippen LogP contribution in [0.15, 0.2) is 67.0 Å². The molecule has 0 saturated carbocycles. The van der Waals surface area contributed by atoms with E-state index < -0.39 is 0 Å². The number of rotatable bonds is 6. The zero-order chi connectivity index (χ0) is 20.0. The number of ether oxygens (including phenoxy) is 1. The van der Waals surface area contributed by atoms with E-state index >= 15 is 0 Å². The number of aromatic nitrogens is 2. The lowest BCUT2D eigenvalue weighted by molar-refractivity contribution is 0.0948. The van der Waals surface area contributed by atoms with E-state index in [1.165, 1.54) is 23.5 Å². The van der Waals surface area contributed by atoms with E-state index in [0.29, 0.717) is 18.2 Å². The average Bonchev–Trinajstić information content (AvgIpc) is 2.69. The van der Waals surface area contributed by atoms with Crippen LogP contribution in [0.4, 0.5) is 0 Å². The third-order valence-electron chi connectivity index (χ3n) is 4.35. The van der Waals surface area contributed by atoms with Crippen molar-refractivity contribution in [1.29, 1.82) is 0 Å². The Morgan fingerprint density at radius 2 is 1.68 bits per heavy atom. The lowest BCUT2D eigenvalue weighted by Crippen LogP contribution is -2.26. The van der Waals surface area contributed by atoms with Gasteiger partial charge in [-0.3, -0.25) is 4.79 Å². The molecule has 144 valence electrons. The number of para-hydroxylation sites is 1. The molecule has 1 amide bonds. The smallest absolute Gasteiger partial charge is 0.271 e. The molecule has 5 nitrogen and oxygen atoms in total. The van der Waals surface area contributed by atoms with Gasteiger partial charge in [-0.15, -0.1) is 0 Å². The zero-order valence-corrected chi connectivity index (χ0v) is 16.5. The van der Waals surface area contributed by atoms with Crippen molar-refractivity contribution >= 4 is 5.91 Å². The Bertz CT molecular complexity index is 899. The van der Waals surface area contributed by atoms with Gasteiger partial charge in [-0.1, -0.05) is 63.2 Å². The number of nitrogens with zero attached hydrogens (tertiary/aromatic N) is 2. The Kier molecular flexibility index (Phi) is 6.04. The molecule has 0 aliphatic carbocycles. The van der Waals surface area contributed by atoms with E-state index in [9.17, 15) is 4.79 Å². The molecular formula is C23H25N3O2. The highest BCUT2D eigenvalue weighted by Gasteiger charge is 2.13. The maximum Gasteiger partial charge on any atom is 0.271 e. The van der Waals surface area contributed by atoms with Gasteiger partial charge in [-0.05, 0) is 35.1 Å². The molecule has 0 radical (unpaired) electrons. The van der Waals surface area contributed by atoms with E-state index in [-0.39, 0.29) is 17.0 Å². The Hall–Kier alpha value is -3.21. The second kappa shape index (κ2) is 8.65. The van der Waals surface area contributed by atoms with Crippen LogP contribution in [0.2, 0.25) is 0 Å². The van der Waals surface area contributed by atoms with Crippen LogP contribution < -0.4 is 10.1 Å². The Balaban J connectivity index is 1.49. The second-order valence-corrected chi connectivity index (χ2v) is 7.61. The van der Waals surface area contributed by atoms with Crippen LogP contribution in [0.1, 0.15) is 42.4 Å². The number of carbonyl (C=O) groups excluding carboxylic acids is 1. The largest absolute Gasteiger partial charge is 0.438 e. The van der Waals surface area contributed by atoms with Gasteiger partial charge in [-0.25, -0.2) is 9.97 Å². The van der Waals surface area contributed by atoms with Crippen molar-refractivity contribution in [2.24, 2.45) is 0 Å². The number of nitrogens with one attached hydrogen (secondary N) is 1. The molecule has 3 rings (SSSR count). The molecular weight excluding hydrogens is 350 g/mol. The molecule has 0 aliphatic heterocycles. The maximum absolute atomic E-state index is 12.2. The topological polar surface area (TPSA) is 64.1 Å². The van der Waals surface area contributed by atoms with Crippen molar-refractivity contribution in [3.05, 3.63) is 83.8 Å². The van der Waals surface area contributed by atoms with Gasteiger partial charge in [0, 0.05) is 6.54 Å². The van der Waals surface area contributed by atoms with Crippen molar-refractivity contribution in [2.45, 2.75) is 32.6 Å². The van der Waals surface area contributed by atoms with Crippen LogP contribution in [-0.4, -0.2) is 22.4 Å². The first-order valence-electron chi connectivity index (χ1n) is 9.34. The molecule has 28 heavy (non-hydrogen) atoms. The molecule has 0 bridgehead atoms. The quantitative estimate of drug-likeness (QED) is 0.687. The van der Waals surface area contributed by atoms with Gasteiger partial charge in [0.1, 0.15) is 11.4 Å². The predicted molar refractivity (Wildman–Crippen MR) is 110 cm³/mol.